The predicted molar refractivity (Wildman–Crippen MR) is 69.7 cm³/mol. The minimum absolute atomic E-state index is 0.327. The summed E-state index contributed by atoms with van der Waals surface area (Å²) in [6.07, 6.45) is 0. The second-order valence-electron chi connectivity index (χ2n) is 3.82. The van der Waals surface area contributed by atoms with E-state index in [4.69, 9.17) is 9.47 Å². The lowest BCUT2D eigenvalue weighted by Crippen LogP contribution is -2.01. The summed E-state index contributed by atoms with van der Waals surface area (Å²) in [6.45, 7) is 1.38. The molecule has 0 radical (unpaired) electrons. The van der Waals surface area contributed by atoms with Crippen molar-refractivity contribution in [2.24, 2.45) is 0 Å². The van der Waals surface area contributed by atoms with E-state index in [0.29, 0.717) is 5.75 Å². The Kier molecular flexibility index (Phi) is 3.63. The molecule has 0 unspecified atom stereocenters. The summed E-state index contributed by atoms with van der Waals surface area (Å²) in [5.41, 5.74) is 1.92. The first-order valence-corrected chi connectivity index (χ1v) is 5.62. The van der Waals surface area contributed by atoms with Gasteiger partial charge in [-0.05, 0) is 23.8 Å². The molecular formula is C15H14O3. The Labute approximate surface area is 106 Å². The van der Waals surface area contributed by atoms with E-state index in [-0.39, 0.29) is 5.97 Å². The Balaban J connectivity index is 2.41. The zero-order chi connectivity index (χ0) is 13.0. The minimum Gasteiger partial charge on any atom is -0.496 e. The molecule has 0 spiro atoms. The highest BCUT2D eigenvalue weighted by molar-refractivity contribution is 5.74. The van der Waals surface area contributed by atoms with E-state index in [1.807, 2.05) is 42.5 Å². The van der Waals surface area contributed by atoms with Crippen molar-refractivity contribution in [3.8, 4) is 22.6 Å². The van der Waals surface area contributed by atoms with Crippen molar-refractivity contribution in [1.82, 2.24) is 0 Å². The number of rotatable bonds is 3. The quantitative estimate of drug-likeness (QED) is 0.612. The second-order valence-corrected chi connectivity index (χ2v) is 3.82. The van der Waals surface area contributed by atoms with Crippen LogP contribution in [0.3, 0.4) is 0 Å². The van der Waals surface area contributed by atoms with Crippen molar-refractivity contribution in [2.75, 3.05) is 7.11 Å². The number of benzene rings is 2. The maximum atomic E-state index is 10.9. The molecule has 92 valence electrons. The highest BCUT2D eigenvalue weighted by Gasteiger charge is 2.06. The van der Waals surface area contributed by atoms with Gasteiger partial charge < -0.3 is 9.47 Å². The van der Waals surface area contributed by atoms with Crippen molar-refractivity contribution in [3.05, 3.63) is 48.5 Å². The summed E-state index contributed by atoms with van der Waals surface area (Å²) in [5, 5.41) is 0. The number of hydrogen-bond acceptors (Lipinski definition) is 3. The van der Waals surface area contributed by atoms with Crippen molar-refractivity contribution in [2.45, 2.75) is 6.92 Å². The molecule has 0 amide bonds. The number of ether oxygens (including phenoxy) is 2. The molecule has 0 bridgehead atoms. The Hall–Kier alpha value is -2.29. The number of hydrogen-bond donors (Lipinski definition) is 0. The third-order valence-corrected chi connectivity index (χ3v) is 2.51. The molecule has 18 heavy (non-hydrogen) atoms. The Bertz CT molecular complexity index is 561. The van der Waals surface area contributed by atoms with Gasteiger partial charge in [0.15, 0.2) is 0 Å². The van der Waals surface area contributed by atoms with Crippen molar-refractivity contribution in [3.63, 3.8) is 0 Å². The van der Waals surface area contributed by atoms with Gasteiger partial charge >= 0.3 is 5.97 Å². The molecule has 2 aromatic rings. The molecule has 0 aliphatic heterocycles. The van der Waals surface area contributed by atoms with Crippen LogP contribution in [0.25, 0.3) is 11.1 Å². The highest BCUT2D eigenvalue weighted by atomic mass is 16.5. The molecule has 0 fully saturated rings. The molecule has 0 aliphatic carbocycles. The van der Waals surface area contributed by atoms with E-state index in [1.165, 1.54) is 6.92 Å². The summed E-state index contributed by atoms with van der Waals surface area (Å²) in [7, 11) is 1.63. The monoisotopic (exact) mass is 242 g/mol. The van der Waals surface area contributed by atoms with Crippen LogP contribution in [-0.2, 0) is 4.79 Å². The molecule has 2 rings (SSSR count). The van der Waals surface area contributed by atoms with Crippen molar-refractivity contribution < 1.29 is 14.3 Å². The van der Waals surface area contributed by atoms with Crippen LogP contribution in [0.15, 0.2) is 48.5 Å². The average molecular weight is 242 g/mol. The topological polar surface area (TPSA) is 35.5 Å². The van der Waals surface area contributed by atoms with Crippen LogP contribution >= 0.6 is 0 Å². The molecule has 0 heterocycles. The fourth-order valence-electron chi connectivity index (χ4n) is 1.78. The number of esters is 1. The van der Waals surface area contributed by atoms with Crippen LogP contribution in [0.2, 0.25) is 0 Å². The van der Waals surface area contributed by atoms with E-state index in [9.17, 15) is 4.79 Å². The molecule has 0 aliphatic rings. The summed E-state index contributed by atoms with van der Waals surface area (Å²) in [4.78, 5) is 10.9. The largest absolute Gasteiger partial charge is 0.496 e. The molecular weight excluding hydrogens is 228 g/mol. The molecule has 0 aromatic heterocycles. The van der Waals surface area contributed by atoms with Gasteiger partial charge in [-0.25, -0.2) is 0 Å². The lowest BCUT2D eigenvalue weighted by Gasteiger charge is -2.09. The number of carbonyl (C=O) groups is 1. The first-order chi connectivity index (χ1) is 8.70. The molecule has 3 heteroatoms. The first-order valence-electron chi connectivity index (χ1n) is 5.62. The lowest BCUT2D eigenvalue weighted by atomic mass is 10.0. The molecule has 2 aromatic carbocycles. The highest BCUT2D eigenvalue weighted by Crippen LogP contribution is 2.31. The number of para-hydroxylation sites is 1. The molecule has 3 nitrogen and oxygen atoms in total. The van der Waals surface area contributed by atoms with Gasteiger partial charge in [0.1, 0.15) is 11.5 Å². The summed E-state index contributed by atoms with van der Waals surface area (Å²) in [5.74, 6) is 0.996. The van der Waals surface area contributed by atoms with Gasteiger partial charge in [0.25, 0.3) is 0 Å². The van der Waals surface area contributed by atoms with Crippen LogP contribution in [-0.4, -0.2) is 13.1 Å². The van der Waals surface area contributed by atoms with Crippen LogP contribution in [0.5, 0.6) is 11.5 Å². The molecule has 0 saturated carbocycles. The fraction of sp³-hybridized carbons (Fsp3) is 0.133. The summed E-state index contributed by atoms with van der Waals surface area (Å²) in [6, 6.07) is 15.1. The predicted octanol–water partition coefficient (Wildman–Crippen LogP) is 3.29. The fourth-order valence-corrected chi connectivity index (χ4v) is 1.78. The minimum atomic E-state index is -0.327. The van der Waals surface area contributed by atoms with E-state index in [1.54, 1.807) is 13.2 Å². The normalized spacial score (nSPS) is 9.89. The summed E-state index contributed by atoms with van der Waals surface area (Å²) >= 11 is 0. The first kappa shape index (κ1) is 12.2. The standard InChI is InChI=1S/C15H14O3/c1-11(16)18-13-7-5-6-12(10-13)14-8-3-4-9-15(14)17-2/h3-10H,1-2H3. The smallest absolute Gasteiger partial charge is 0.308 e. The molecule has 0 saturated heterocycles. The van der Waals surface area contributed by atoms with Gasteiger partial charge in [0.05, 0.1) is 7.11 Å². The Morgan fingerprint density at radius 3 is 2.56 bits per heavy atom. The maximum absolute atomic E-state index is 10.9. The zero-order valence-corrected chi connectivity index (χ0v) is 10.3. The maximum Gasteiger partial charge on any atom is 0.308 e. The van der Waals surface area contributed by atoms with E-state index >= 15 is 0 Å². The Morgan fingerprint density at radius 2 is 1.83 bits per heavy atom. The van der Waals surface area contributed by atoms with Gasteiger partial charge in [-0.1, -0.05) is 30.3 Å². The van der Waals surface area contributed by atoms with Crippen LogP contribution in [0.4, 0.5) is 0 Å². The van der Waals surface area contributed by atoms with Gasteiger partial charge in [0, 0.05) is 12.5 Å². The molecule has 0 N–H and O–H groups in total. The van der Waals surface area contributed by atoms with E-state index in [2.05, 4.69) is 0 Å². The van der Waals surface area contributed by atoms with Crippen LogP contribution in [0, 0.1) is 0 Å². The van der Waals surface area contributed by atoms with Gasteiger partial charge in [-0.15, -0.1) is 0 Å². The average Bonchev–Trinajstić information content (AvgIpc) is 2.38. The number of methoxy groups -OCH3 is 1. The van der Waals surface area contributed by atoms with Crippen molar-refractivity contribution >= 4 is 5.97 Å². The van der Waals surface area contributed by atoms with Gasteiger partial charge in [0.2, 0.25) is 0 Å². The third kappa shape index (κ3) is 2.69. The van der Waals surface area contributed by atoms with Crippen LogP contribution < -0.4 is 9.47 Å². The number of carbonyl (C=O) groups excluding carboxylic acids is 1. The lowest BCUT2D eigenvalue weighted by molar-refractivity contribution is -0.131. The Morgan fingerprint density at radius 1 is 1.06 bits per heavy atom. The van der Waals surface area contributed by atoms with E-state index < -0.39 is 0 Å². The molecule has 0 atom stereocenters. The second kappa shape index (κ2) is 5.36. The summed E-state index contributed by atoms with van der Waals surface area (Å²) < 4.78 is 10.4. The third-order valence-electron chi connectivity index (χ3n) is 2.51. The SMILES string of the molecule is COc1ccccc1-c1cccc(OC(C)=O)c1. The van der Waals surface area contributed by atoms with E-state index in [0.717, 1.165) is 16.9 Å². The van der Waals surface area contributed by atoms with Crippen LogP contribution in [0.1, 0.15) is 6.92 Å². The van der Waals surface area contributed by atoms with Gasteiger partial charge in [-0.3, -0.25) is 4.79 Å². The zero-order valence-electron chi connectivity index (χ0n) is 10.3. The van der Waals surface area contributed by atoms with Gasteiger partial charge in [-0.2, -0.15) is 0 Å². The van der Waals surface area contributed by atoms with Crippen molar-refractivity contribution in [1.29, 1.82) is 0 Å².